The first-order valence-corrected chi connectivity index (χ1v) is 20.2. The third-order valence-electron chi connectivity index (χ3n) is 13.4. The first-order chi connectivity index (χ1) is 24.3. The molecule has 4 fully saturated rings. The molecule has 0 bridgehead atoms. The second kappa shape index (κ2) is 15.0. The SMILES string of the molecule is C[C@H](CCC(=O)NCCC(=O)NCCOc1no[n+]([O-])c1S(=O)(=O)c1ccccc1)[C@H]1CC[C@H]2C3[C@@H](O)C[C@@H]4C[C@H](O)CC[C@]4(C)[C@H]3CC[C@]12C. The topological polar surface area (TPSA) is 195 Å². The van der Waals surface area contributed by atoms with Crippen molar-refractivity contribution < 1.29 is 42.5 Å². The van der Waals surface area contributed by atoms with Gasteiger partial charge in [-0.05, 0) is 121 Å². The predicted octanol–water partition coefficient (Wildman–Crippen LogP) is 3.55. The van der Waals surface area contributed by atoms with Crippen molar-refractivity contribution in [3.63, 3.8) is 0 Å². The van der Waals surface area contributed by atoms with Gasteiger partial charge in [-0.3, -0.25) is 14.2 Å². The maximum Gasteiger partial charge on any atom is 0.415 e. The Morgan fingerprint density at radius 3 is 2.45 bits per heavy atom. The van der Waals surface area contributed by atoms with E-state index < -0.39 is 20.7 Å². The summed E-state index contributed by atoms with van der Waals surface area (Å²) in [6.07, 6.45) is 8.78. The van der Waals surface area contributed by atoms with Gasteiger partial charge in [-0.1, -0.05) is 39.0 Å². The summed E-state index contributed by atoms with van der Waals surface area (Å²) < 4.78 is 35.5. The number of sulfone groups is 1. The zero-order chi connectivity index (χ0) is 36.6. The van der Waals surface area contributed by atoms with Crippen molar-refractivity contribution in [3.8, 4) is 5.88 Å². The fourth-order valence-electron chi connectivity index (χ4n) is 10.8. The molecule has 1 aromatic heterocycles. The van der Waals surface area contributed by atoms with Gasteiger partial charge in [0.2, 0.25) is 11.8 Å². The fraction of sp³-hybridized carbons (Fsp3) is 0.730. The molecular weight excluding hydrogens is 676 g/mol. The van der Waals surface area contributed by atoms with E-state index in [1.807, 2.05) is 0 Å². The summed E-state index contributed by atoms with van der Waals surface area (Å²) >= 11 is 0. The third-order valence-corrected chi connectivity index (χ3v) is 15.2. The van der Waals surface area contributed by atoms with E-state index in [4.69, 9.17) is 4.74 Å². The third kappa shape index (κ3) is 7.37. The summed E-state index contributed by atoms with van der Waals surface area (Å²) in [5.74, 6) is 1.67. The fourth-order valence-corrected chi connectivity index (χ4v) is 12.1. The standard InChI is InChI=1S/C37H54N4O9S/c1-23(27-10-11-28-33-29(14-17-37(27,28)3)36(2)16-13-25(42)21-24(36)22-30(33)43)9-12-31(44)38-18-15-32(45)39-19-20-49-34-35(41(46)50-40-34)51(47,48)26-7-5-4-6-8-26/h4-8,23-25,27-30,33,42-43H,9-22H2,1-3H3,(H,38,44)(H,39,45)/t23-,24+,25-,27-,28+,29+,30+,33?,36+,37-/m1/s1. The molecule has 1 unspecified atom stereocenters. The van der Waals surface area contributed by atoms with Crippen LogP contribution in [0.4, 0.5) is 0 Å². The molecule has 0 saturated heterocycles. The second-order valence-electron chi connectivity index (χ2n) is 16.1. The largest absolute Gasteiger partial charge is 0.453 e. The Hall–Kier alpha value is -3.23. The quantitative estimate of drug-likeness (QED) is 0.175. The summed E-state index contributed by atoms with van der Waals surface area (Å²) in [4.78, 5) is 24.8. The molecule has 14 heteroatoms. The van der Waals surface area contributed by atoms with Gasteiger partial charge in [0.1, 0.15) is 6.61 Å². The highest BCUT2D eigenvalue weighted by Crippen LogP contribution is 2.68. The Kier molecular flexibility index (Phi) is 11.1. The lowest BCUT2D eigenvalue weighted by molar-refractivity contribution is -0.832. The number of hydrogen-bond acceptors (Lipinski definition) is 10. The molecule has 4 aliphatic rings. The summed E-state index contributed by atoms with van der Waals surface area (Å²) in [6.45, 7) is 7.18. The molecule has 6 rings (SSSR count). The minimum atomic E-state index is -4.24. The number of aliphatic hydroxyl groups excluding tert-OH is 2. The lowest BCUT2D eigenvalue weighted by Gasteiger charge is -2.62. The molecule has 13 nitrogen and oxygen atoms in total. The van der Waals surface area contributed by atoms with Crippen LogP contribution in [0.5, 0.6) is 5.88 Å². The molecule has 0 spiro atoms. The molecule has 282 valence electrons. The van der Waals surface area contributed by atoms with Gasteiger partial charge in [0.05, 0.1) is 28.8 Å². The monoisotopic (exact) mass is 730 g/mol. The summed E-state index contributed by atoms with van der Waals surface area (Å²) in [5.41, 5.74) is 0.355. The number of nitrogens with zero attached hydrogens (tertiary/aromatic N) is 2. The lowest BCUT2D eigenvalue weighted by Crippen LogP contribution is -2.58. The Bertz CT molecular complexity index is 1650. The van der Waals surface area contributed by atoms with Crippen molar-refractivity contribution in [1.82, 2.24) is 15.8 Å². The molecule has 0 aliphatic heterocycles. The molecular formula is C37H54N4O9S. The zero-order valence-electron chi connectivity index (χ0n) is 30.0. The van der Waals surface area contributed by atoms with Crippen LogP contribution in [0, 0.1) is 51.5 Å². The number of nitrogens with one attached hydrogen (secondary N) is 2. The Morgan fingerprint density at radius 2 is 1.69 bits per heavy atom. The molecule has 51 heavy (non-hydrogen) atoms. The van der Waals surface area contributed by atoms with Gasteiger partial charge in [-0.15, -0.1) is 0 Å². The molecule has 0 radical (unpaired) electrons. The number of hydrogen-bond donors (Lipinski definition) is 4. The molecule has 1 heterocycles. The van der Waals surface area contributed by atoms with E-state index in [1.165, 1.54) is 24.3 Å². The van der Waals surface area contributed by atoms with Crippen molar-refractivity contribution in [3.05, 3.63) is 35.5 Å². The number of benzene rings is 1. The van der Waals surface area contributed by atoms with Gasteiger partial charge >= 0.3 is 10.9 Å². The zero-order valence-corrected chi connectivity index (χ0v) is 30.8. The van der Waals surface area contributed by atoms with Crippen molar-refractivity contribution in [1.29, 1.82) is 0 Å². The molecule has 4 aliphatic carbocycles. The average Bonchev–Trinajstić information content (AvgIpc) is 3.66. The number of aliphatic hydroxyl groups is 2. The van der Waals surface area contributed by atoms with Crippen LogP contribution in [0.15, 0.2) is 44.9 Å². The van der Waals surface area contributed by atoms with E-state index in [9.17, 15) is 33.4 Å². The molecule has 4 N–H and O–H groups in total. The van der Waals surface area contributed by atoms with Crippen LogP contribution in [0.25, 0.3) is 0 Å². The van der Waals surface area contributed by atoms with Gasteiger partial charge < -0.3 is 30.8 Å². The van der Waals surface area contributed by atoms with Gasteiger partial charge in [0.25, 0.3) is 9.84 Å². The van der Waals surface area contributed by atoms with Crippen LogP contribution < -0.4 is 20.3 Å². The van der Waals surface area contributed by atoms with Gasteiger partial charge in [0, 0.05) is 19.4 Å². The van der Waals surface area contributed by atoms with Crippen molar-refractivity contribution in [2.75, 3.05) is 19.7 Å². The highest BCUT2D eigenvalue weighted by Gasteiger charge is 2.62. The van der Waals surface area contributed by atoms with Crippen molar-refractivity contribution >= 4 is 21.7 Å². The Morgan fingerprint density at radius 1 is 1.00 bits per heavy atom. The Balaban J connectivity index is 0.909. The number of rotatable bonds is 13. The van der Waals surface area contributed by atoms with Crippen molar-refractivity contribution in [2.24, 2.45) is 46.3 Å². The van der Waals surface area contributed by atoms with Crippen LogP contribution >= 0.6 is 0 Å². The van der Waals surface area contributed by atoms with E-state index in [0.29, 0.717) is 41.9 Å². The number of aromatic nitrogens is 2. The van der Waals surface area contributed by atoms with Gasteiger partial charge in [-0.2, -0.15) is 0 Å². The van der Waals surface area contributed by atoms with Crippen LogP contribution in [-0.2, 0) is 19.4 Å². The van der Waals surface area contributed by atoms with Crippen molar-refractivity contribution in [2.45, 2.75) is 114 Å². The lowest BCUT2D eigenvalue weighted by atomic mass is 9.43. The van der Waals surface area contributed by atoms with Gasteiger partial charge in [-0.25, -0.2) is 8.42 Å². The number of amides is 2. The molecule has 1 aromatic carbocycles. The highest BCUT2D eigenvalue weighted by atomic mass is 32.2. The second-order valence-corrected chi connectivity index (χ2v) is 18.0. The highest BCUT2D eigenvalue weighted by molar-refractivity contribution is 7.91. The van der Waals surface area contributed by atoms with E-state index in [2.05, 4.69) is 41.2 Å². The van der Waals surface area contributed by atoms with Crippen LogP contribution in [0.2, 0.25) is 0 Å². The van der Waals surface area contributed by atoms with E-state index in [-0.39, 0.29) is 70.8 Å². The summed E-state index contributed by atoms with van der Waals surface area (Å²) in [5, 5.41) is 42.0. The molecule has 4 saturated carbocycles. The molecule has 10 atom stereocenters. The number of carbonyl (C=O) groups is 2. The average molecular weight is 731 g/mol. The number of carbonyl (C=O) groups excluding carboxylic acids is 2. The van der Waals surface area contributed by atoms with Crippen LogP contribution in [0.1, 0.15) is 91.4 Å². The first kappa shape index (κ1) is 37.5. The smallest absolute Gasteiger partial charge is 0.415 e. The normalized spacial score (nSPS) is 33.7. The Labute approximate surface area is 300 Å². The minimum absolute atomic E-state index is 0.0174. The number of fused-ring (bicyclic) bond motifs is 5. The maximum absolute atomic E-state index is 12.9. The first-order valence-electron chi connectivity index (χ1n) is 18.7. The molecule has 2 amide bonds. The van der Waals surface area contributed by atoms with E-state index in [1.54, 1.807) is 6.07 Å². The van der Waals surface area contributed by atoms with E-state index in [0.717, 1.165) is 57.8 Å². The van der Waals surface area contributed by atoms with Gasteiger partial charge in [0.15, 0.2) is 0 Å². The predicted molar refractivity (Wildman–Crippen MR) is 184 cm³/mol. The van der Waals surface area contributed by atoms with Crippen LogP contribution in [-0.4, -0.2) is 67.5 Å². The number of ether oxygens (including phenoxy) is 1. The summed E-state index contributed by atoms with van der Waals surface area (Å²) in [7, 11) is -4.24. The summed E-state index contributed by atoms with van der Waals surface area (Å²) in [6, 6.07) is 7.35. The van der Waals surface area contributed by atoms with Crippen LogP contribution in [0.3, 0.4) is 0 Å². The maximum atomic E-state index is 12.9. The molecule has 2 aromatic rings. The minimum Gasteiger partial charge on any atom is -0.453 e. The van der Waals surface area contributed by atoms with E-state index >= 15 is 0 Å².